The molecule has 0 fully saturated rings. The minimum absolute atomic E-state index is 0.0857. The van der Waals surface area contributed by atoms with Crippen LogP contribution in [0.1, 0.15) is 20.7 Å². The predicted molar refractivity (Wildman–Crippen MR) is 99.1 cm³/mol. The van der Waals surface area contributed by atoms with Crippen molar-refractivity contribution < 1.29 is 19.4 Å². The van der Waals surface area contributed by atoms with Crippen molar-refractivity contribution in [2.45, 2.75) is 0 Å². The van der Waals surface area contributed by atoms with E-state index in [9.17, 15) is 9.59 Å². The quantitative estimate of drug-likeness (QED) is 0.378. The first-order valence-electron chi connectivity index (χ1n) is 7.75. The lowest BCUT2D eigenvalue weighted by Gasteiger charge is -2.12. The number of hydrogen-bond donors (Lipinski definition) is 3. The molecule has 3 aromatic carbocycles. The smallest absolute Gasteiger partial charge is 0.343 e. The van der Waals surface area contributed by atoms with Crippen molar-refractivity contribution in [1.29, 1.82) is 0 Å². The van der Waals surface area contributed by atoms with E-state index < -0.39 is 11.9 Å². The highest BCUT2D eigenvalue weighted by molar-refractivity contribution is 5.94. The lowest BCUT2D eigenvalue weighted by atomic mass is 10.0. The topological polar surface area (TPSA) is 116 Å². The summed E-state index contributed by atoms with van der Waals surface area (Å²) in [5.74, 6) is -1.27. The van der Waals surface area contributed by atoms with E-state index in [1.165, 1.54) is 12.1 Å². The second-order valence-electron chi connectivity index (χ2n) is 5.61. The Labute approximate surface area is 149 Å². The van der Waals surface area contributed by atoms with Gasteiger partial charge in [-0.2, -0.15) is 0 Å². The van der Waals surface area contributed by atoms with Crippen LogP contribution in [0.5, 0.6) is 5.75 Å². The van der Waals surface area contributed by atoms with Crippen molar-refractivity contribution in [3.05, 3.63) is 77.9 Å². The molecule has 0 heterocycles. The molecule has 0 aliphatic rings. The first-order valence-corrected chi connectivity index (χ1v) is 7.75. The first kappa shape index (κ1) is 17.0. The van der Waals surface area contributed by atoms with Crippen LogP contribution in [0, 0.1) is 0 Å². The molecule has 130 valence electrons. The standard InChI is InChI=1S/C20H16N2O4/c21-14-8-5-12(6-9-14)20(25)26-18-4-2-1-3-16(18)15-10-7-13(19(23)24)11-17(15)22/h1-11H,21-22H2,(H,23,24). The fourth-order valence-corrected chi connectivity index (χ4v) is 2.50. The molecule has 0 amide bonds. The summed E-state index contributed by atoms with van der Waals surface area (Å²) in [6, 6.07) is 17.7. The lowest BCUT2D eigenvalue weighted by Crippen LogP contribution is -2.09. The Kier molecular flexibility index (Phi) is 4.57. The summed E-state index contributed by atoms with van der Waals surface area (Å²) in [4.78, 5) is 23.4. The highest BCUT2D eigenvalue weighted by Crippen LogP contribution is 2.34. The minimum atomic E-state index is -1.06. The number of carboxylic acids is 1. The Morgan fingerprint density at radius 3 is 2.12 bits per heavy atom. The maximum atomic E-state index is 12.4. The molecule has 0 saturated heterocycles. The van der Waals surface area contributed by atoms with Gasteiger partial charge in [0.2, 0.25) is 0 Å². The average molecular weight is 348 g/mol. The van der Waals surface area contributed by atoms with E-state index in [1.807, 2.05) is 0 Å². The van der Waals surface area contributed by atoms with E-state index >= 15 is 0 Å². The first-order chi connectivity index (χ1) is 12.5. The van der Waals surface area contributed by atoms with Gasteiger partial charge in [0.1, 0.15) is 5.75 Å². The molecular weight excluding hydrogens is 332 g/mol. The van der Waals surface area contributed by atoms with Gasteiger partial charge in [-0.15, -0.1) is 0 Å². The highest BCUT2D eigenvalue weighted by Gasteiger charge is 2.15. The number of carboxylic acid groups (broad SMARTS) is 1. The van der Waals surface area contributed by atoms with Crippen molar-refractivity contribution in [3.63, 3.8) is 0 Å². The van der Waals surface area contributed by atoms with Crippen LogP contribution in [0.4, 0.5) is 11.4 Å². The number of carbonyl (C=O) groups is 2. The molecule has 6 heteroatoms. The van der Waals surface area contributed by atoms with Crippen molar-refractivity contribution in [2.75, 3.05) is 11.5 Å². The van der Waals surface area contributed by atoms with Crippen LogP contribution in [0.2, 0.25) is 0 Å². The van der Waals surface area contributed by atoms with Crippen molar-refractivity contribution in [3.8, 4) is 16.9 Å². The minimum Gasteiger partial charge on any atom is -0.478 e. The Morgan fingerprint density at radius 1 is 0.808 bits per heavy atom. The van der Waals surface area contributed by atoms with Crippen molar-refractivity contribution >= 4 is 23.3 Å². The van der Waals surface area contributed by atoms with Gasteiger partial charge in [-0.05, 0) is 42.5 Å². The number of para-hydroxylation sites is 1. The fourth-order valence-electron chi connectivity index (χ4n) is 2.50. The highest BCUT2D eigenvalue weighted by atomic mass is 16.5. The molecule has 3 rings (SSSR count). The number of ether oxygens (including phenoxy) is 1. The summed E-state index contributed by atoms with van der Waals surface area (Å²) in [7, 11) is 0. The summed E-state index contributed by atoms with van der Waals surface area (Å²) in [6.07, 6.45) is 0. The SMILES string of the molecule is Nc1ccc(C(=O)Oc2ccccc2-c2ccc(C(=O)O)cc2N)cc1. The van der Waals surface area contributed by atoms with Crippen LogP contribution in [0.15, 0.2) is 66.7 Å². The van der Waals surface area contributed by atoms with Crippen LogP contribution >= 0.6 is 0 Å². The Bertz CT molecular complexity index is 981. The van der Waals surface area contributed by atoms with E-state index in [1.54, 1.807) is 54.6 Å². The number of nitrogen functional groups attached to an aromatic ring is 2. The molecule has 26 heavy (non-hydrogen) atoms. The molecule has 0 atom stereocenters. The second kappa shape index (κ2) is 6.98. The number of carbonyl (C=O) groups excluding carboxylic acids is 1. The predicted octanol–water partition coefficient (Wildman–Crippen LogP) is 3.44. The zero-order chi connectivity index (χ0) is 18.7. The average Bonchev–Trinajstić information content (AvgIpc) is 2.63. The van der Waals surface area contributed by atoms with E-state index in [4.69, 9.17) is 21.3 Å². The van der Waals surface area contributed by atoms with Crippen LogP contribution < -0.4 is 16.2 Å². The van der Waals surface area contributed by atoms with Gasteiger partial charge in [-0.1, -0.05) is 24.3 Å². The summed E-state index contributed by atoms with van der Waals surface area (Å²) >= 11 is 0. The third-order valence-electron chi connectivity index (χ3n) is 3.82. The zero-order valence-electron chi connectivity index (χ0n) is 13.7. The largest absolute Gasteiger partial charge is 0.478 e. The molecule has 0 radical (unpaired) electrons. The normalized spacial score (nSPS) is 10.3. The monoisotopic (exact) mass is 348 g/mol. The van der Waals surface area contributed by atoms with Gasteiger partial charge in [0.25, 0.3) is 0 Å². The van der Waals surface area contributed by atoms with Crippen LogP contribution in [0.25, 0.3) is 11.1 Å². The number of rotatable bonds is 4. The van der Waals surface area contributed by atoms with Crippen molar-refractivity contribution in [2.24, 2.45) is 0 Å². The molecule has 3 aromatic rings. The molecule has 6 nitrogen and oxygen atoms in total. The van der Waals surface area contributed by atoms with Crippen LogP contribution in [-0.2, 0) is 0 Å². The maximum Gasteiger partial charge on any atom is 0.343 e. The lowest BCUT2D eigenvalue weighted by molar-refractivity contribution is 0.0694. The van der Waals surface area contributed by atoms with Gasteiger partial charge < -0.3 is 21.3 Å². The van der Waals surface area contributed by atoms with Crippen LogP contribution in [-0.4, -0.2) is 17.0 Å². The molecule has 0 spiro atoms. The summed E-state index contributed by atoms with van der Waals surface area (Å²) < 4.78 is 5.51. The number of anilines is 2. The van der Waals surface area contributed by atoms with Crippen molar-refractivity contribution in [1.82, 2.24) is 0 Å². The molecule has 5 N–H and O–H groups in total. The number of nitrogens with two attached hydrogens (primary N) is 2. The molecule has 0 unspecified atom stereocenters. The van der Waals surface area contributed by atoms with E-state index in [0.29, 0.717) is 28.1 Å². The molecular formula is C20H16N2O4. The third kappa shape index (κ3) is 3.49. The van der Waals surface area contributed by atoms with Gasteiger partial charge >= 0.3 is 11.9 Å². The molecule has 0 aliphatic carbocycles. The number of hydrogen-bond acceptors (Lipinski definition) is 5. The number of benzene rings is 3. The number of aromatic carboxylic acids is 1. The van der Waals surface area contributed by atoms with Gasteiger partial charge in [0.05, 0.1) is 11.1 Å². The zero-order valence-corrected chi connectivity index (χ0v) is 13.7. The van der Waals surface area contributed by atoms with E-state index in [-0.39, 0.29) is 11.3 Å². The van der Waals surface area contributed by atoms with Gasteiger partial charge in [0, 0.05) is 22.5 Å². The molecule has 0 aliphatic heterocycles. The maximum absolute atomic E-state index is 12.4. The summed E-state index contributed by atoms with van der Waals surface area (Å²) in [6.45, 7) is 0. The Hall–Kier alpha value is -3.80. The van der Waals surface area contributed by atoms with Gasteiger partial charge in [0.15, 0.2) is 0 Å². The van der Waals surface area contributed by atoms with E-state index in [2.05, 4.69) is 0 Å². The molecule has 0 saturated carbocycles. The van der Waals surface area contributed by atoms with Gasteiger partial charge in [-0.25, -0.2) is 9.59 Å². The number of esters is 1. The molecule has 0 aromatic heterocycles. The molecule has 0 bridgehead atoms. The van der Waals surface area contributed by atoms with E-state index in [0.717, 1.165) is 0 Å². The summed E-state index contributed by atoms with van der Waals surface area (Å²) in [5.41, 5.74) is 14.1. The van der Waals surface area contributed by atoms with Crippen LogP contribution in [0.3, 0.4) is 0 Å². The Morgan fingerprint density at radius 2 is 1.46 bits per heavy atom. The third-order valence-corrected chi connectivity index (χ3v) is 3.82. The summed E-state index contributed by atoms with van der Waals surface area (Å²) in [5, 5.41) is 9.06. The fraction of sp³-hybridized carbons (Fsp3) is 0. The second-order valence-corrected chi connectivity index (χ2v) is 5.61. The van der Waals surface area contributed by atoms with Gasteiger partial charge in [-0.3, -0.25) is 0 Å². The Balaban J connectivity index is 1.95.